The highest BCUT2D eigenvalue weighted by molar-refractivity contribution is 7.99. The molecule has 0 amide bonds. The molecular formula is C19H16Cl2N2OS2. The SMILES string of the molecule is O=CCC1CCCn2c1c(Sc1ccc(Cl)c(Cl)c1)c1c(S)nccc12. The molecule has 3 nitrogen and oxygen atoms in total. The van der Waals surface area contributed by atoms with Gasteiger partial charge in [-0.15, -0.1) is 12.6 Å². The number of aromatic nitrogens is 2. The van der Waals surface area contributed by atoms with Crippen LogP contribution in [0.15, 0.2) is 45.3 Å². The van der Waals surface area contributed by atoms with Gasteiger partial charge in [-0.25, -0.2) is 4.98 Å². The Bertz CT molecular complexity index is 1000. The Balaban J connectivity index is 1.93. The number of rotatable bonds is 4. The Morgan fingerprint density at radius 2 is 2.15 bits per heavy atom. The van der Waals surface area contributed by atoms with Crippen LogP contribution in [0.2, 0.25) is 10.0 Å². The number of nitrogens with zero attached hydrogens (tertiary/aromatic N) is 2. The highest BCUT2D eigenvalue weighted by Crippen LogP contribution is 2.47. The molecule has 4 rings (SSSR count). The molecule has 1 aromatic carbocycles. The van der Waals surface area contributed by atoms with Crippen molar-refractivity contribution in [2.24, 2.45) is 0 Å². The van der Waals surface area contributed by atoms with E-state index in [1.54, 1.807) is 24.0 Å². The van der Waals surface area contributed by atoms with Gasteiger partial charge in [0.15, 0.2) is 0 Å². The molecule has 3 heterocycles. The predicted molar refractivity (Wildman–Crippen MR) is 110 cm³/mol. The van der Waals surface area contributed by atoms with Crippen molar-refractivity contribution in [3.63, 3.8) is 0 Å². The number of fused-ring (bicyclic) bond motifs is 3. The Hall–Kier alpha value is -1.14. The zero-order chi connectivity index (χ0) is 18.3. The summed E-state index contributed by atoms with van der Waals surface area (Å²) in [7, 11) is 0. The molecule has 0 saturated carbocycles. The summed E-state index contributed by atoms with van der Waals surface area (Å²) in [5.74, 6) is 0.214. The first-order valence-electron chi connectivity index (χ1n) is 8.36. The van der Waals surface area contributed by atoms with Crippen molar-refractivity contribution in [3.8, 4) is 0 Å². The van der Waals surface area contributed by atoms with Crippen molar-refractivity contribution < 1.29 is 4.79 Å². The van der Waals surface area contributed by atoms with Crippen LogP contribution in [0.25, 0.3) is 10.9 Å². The molecule has 134 valence electrons. The fraction of sp³-hybridized carbons (Fsp3) is 0.263. The monoisotopic (exact) mass is 422 g/mol. The number of benzene rings is 1. The van der Waals surface area contributed by atoms with E-state index in [1.165, 1.54) is 5.69 Å². The smallest absolute Gasteiger partial charge is 0.120 e. The van der Waals surface area contributed by atoms with Gasteiger partial charge in [0.05, 0.1) is 15.6 Å². The first-order chi connectivity index (χ1) is 12.6. The number of aldehydes is 1. The van der Waals surface area contributed by atoms with Crippen LogP contribution in [-0.4, -0.2) is 15.8 Å². The van der Waals surface area contributed by atoms with Gasteiger partial charge in [0.2, 0.25) is 0 Å². The second-order valence-corrected chi connectivity index (χ2v) is 8.64. The van der Waals surface area contributed by atoms with Crippen LogP contribution in [0.1, 0.15) is 30.9 Å². The van der Waals surface area contributed by atoms with Crippen molar-refractivity contribution >= 4 is 64.8 Å². The molecular weight excluding hydrogens is 407 g/mol. The van der Waals surface area contributed by atoms with Crippen molar-refractivity contribution in [2.45, 2.75) is 46.5 Å². The third-order valence-corrected chi connectivity index (χ3v) is 6.95. The quantitative estimate of drug-likeness (QED) is 0.398. The minimum atomic E-state index is 0.214. The summed E-state index contributed by atoms with van der Waals surface area (Å²) in [4.78, 5) is 17.7. The molecule has 0 bridgehead atoms. The van der Waals surface area contributed by atoms with Crippen molar-refractivity contribution in [3.05, 3.63) is 46.2 Å². The van der Waals surface area contributed by atoms with Gasteiger partial charge < -0.3 is 9.36 Å². The fourth-order valence-electron chi connectivity index (χ4n) is 3.65. The fourth-order valence-corrected chi connectivity index (χ4v) is 5.62. The van der Waals surface area contributed by atoms with Crippen LogP contribution in [0.5, 0.6) is 0 Å². The van der Waals surface area contributed by atoms with Crippen LogP contribution in [0, 0.1) is 0 Å². The van der Waals surface area contributed by atoms with Crippen LogP contribution in [0.4, 0.5) is 0 Å². The zero-order valence-corrected chi connectivity index (χ0v) is 17.0. The molecule has 0 fully saturated rings. The standard InChI is InChI=1S/C19H16Cl2N2OS2/c20-13-4-3-12(10-14(13)21)26-18-16-15(5-7-22-19(16)25)23-8-1-2-11(6-9-24)17(18)23/h3-5,7,9-11H,1-2,6,8H2,(H,22,25). The van der Waals surface area contributed by atoms with E-state index in [1.807, 2.05) is 18.2 Å². The van der Waals surface area contributed by atoms with Gasteiger partial charge in [-0.1, -0.05) is 35.0 Å². The largest absolute Gasteiger partial charge is 0.343 e. The molecule has 1 aliphatic rings. The number of aryl methyl sites for hydroxylation is 1. The van der Waals surface area contributed by atoms with Gasteiger partial charge in [-0.3, -0.25) is 0 Å². The maximum absolute atomic E-state index is 11.2. The summed E-state index contributed by atoms with van der Waals surface area (Å²) in [6, 6.07) is 7.66. The van der Waals surface area contributed by atoms with E-state index in [0.717, 1.165) is 46.4 Å². The third-order valence-electron chi connectivity index (χ3n) is 4.76. The van der Waals surface area contributed by atoms with E-state index in [-0.39, 0.29) is 5.92 Å². The number of pyridine rings is 1. The van der Waals surface area contributed by atoms with Crippen LogP contribution in [-0.2, 0) is 11.3 Å². The van der Waals surface area contributed by atoms with Crippen molar-refractivity contribution in [1.29, 1.82) is 0 Å². The van der Waals surface area contributed by atoms with E-state index in [2.05, 4.69) is 22.2 Å². The highest BCUT2D eigenvalue weighted by Gasteiger charge is 2.29. The molecule has 1 atom stereocenters. The van der Waals surface area contributed by atoms with Gasteiger partial charge in [0.1, 0.15) is 11.3 Å². The number of carbonyl (C=O) groups excluding carboxylic acids is 1. The lowest BCUT2D eigenvalue weighted by Crippen LogP contribution is -2.16. The number of hydrogen-bond acceptors (Lipinski definition) is 4. The summed E-state index contributed by atoms with van der Waals surface area (Å²) in [6.07, 6.45) is 5.41. The van der Waals surface area contributed by atoms with E-state index in [0.29, 0.717) is 21.5 Å². The lowest BCUT2D eigenvalue weighted by molar-refractivity contribution is -0.108. The van der Waals surface area contributed by atoms with E-state index >= 15 is 0 Å². The summed E-state index contributed by atoms with van der Waals surface area (Å²) < 4.78 is 2.33. The number of thiol groups is 1. The molecule has 7 heteroatoms. The number of carbonyl (C=O) groups is 1. The lowest BCUT2D eigenvalue weighted by atomic mass is 9.93. The zero-order valence-electron chi connectivity index (χ0n) is 13.8. The minimum Gasteiger partial charge on any atom is -0.343 e. The molecule has 2 aromatic heterocycles. The van der Waals surface area contributed by atoms with Gasteiger partial charge >= 0.3 is 0 Å². The van der Waals surface area contributed by atoms with Crippen LogP contribution < -0.4 is 0 Å². The van der Waals surface area contributed by atoms with Gasteiger partial charge in [-0.2, -0.15) is 0 Å². The molecule has 0 radical (unpaired) electrons. The van der Waals surface area contributed by atoms with E-state index < -0.39 is 0 Å². The average molecular weight is 423 g/mol. The highest BCUT2D eigenvalue weighted by atomic mass is 35.5. The Morgan fingerprint density at radius 1 is 1.31 bits per heavy atom. The van der Waals surface area contributed by atoms with Crippen LogP contribution in [0.3, 0.4) is 0 Å². The Labute approximate surface area is 171 Å². The summed E-state index contributed by atoms with van der Waals surface area (Å²) in [5.41, 5.74) is 2.33. The summed E-state index contributed by atoms with van der Waals surface area (Å²) in [6.45, 7) is 0.945. The first-order valence-corrected chi connectivity index (χ1v) is 10.4. The van der Waals surface area contributed by atoms with Crippen molar-refractivity contribution in [1.82, 2.24) is 9.55 Å². The Kier molecular flexibility index (Phi) is 5.24. The lowest BCUT2D eigenvalue weighted by Gasteiger charge is -2.25. The Morgan fingerprint density at radius 3 is 2.92 bits per heavy atom. The third kappa shape index (κ3) is 3.15. The van der Waals surface area contributed by atoms with Crippen LogP contribution >= 0.6 is 47.6 Å². The number of hydrogen-bond donors (Lipinski definition) is 1. The molecule has 26 heavy (non-hydrogen) atoms. The molecule has 0 spiro atoms. The topological polar surface area (TPSA) is 34.9 Å². The van der Waals surface area contributed by atoms with E-state index in [4.69, 9.17) is 23.2 Å². The summed E-state index contributed by atoms with van der Waals surface area (Å²) in [5, 5.41) is 2.81. The molecule has 1 aliphatic heterocycles. The minimum absolute atomic E-state index is 0.214. The molecule has 1 unspecified atom stereocenters. The maximum atomic E-state index is 11.2. The second-order valence-electron chi connectivity index (χ2n) is 6.31. The molecule has 3 aromatic rings. The van der Waals surface area contributed by atoms with Gasteiger partial charge in [0, 0.05) is 46.0 Å². The van der Waals surface area contributed by atoms with Gasteiger partial charge in [0.25, 0.3) is 0 Å². The average Bonchev–Trinajstić information content (AvgIpc) is 2.95. The van der Waals surface area contributed by atoms with Gasteiger partial charge in [-0.05, 0) is 37.1 Å². The molecule has 0 saturated heterocycles. The van der Waals surface area contributed by atoms with Crippen molar-refractivity contribution in [2.75, 3.05) is 0 Å². The first kappa shape index (κ1) is 18.2. The number of halogens is 2. The predicted octanol–water partition coefficient (Wildman–Crippen LogP) is 6.25. The summed E-state index contributed by atoms with van der Waals surface area (Å²) >= 11 is 18.5. The molecule has 0 aliphatic carbocycles. The molecule has 0 N–H and O–H groups in total. The normalized spacial score (nSPS) is 16.7. The second kappa shape index (κ2) is 7.47. The van der Waals surface area contributed by atoms with E-state index in [9.17, 15) is 4.79 Å². The maximum Gasteiger partial charge on any atom is 0.120 e.